The quantitative estimate of drug-likeness (QED) is 0.673. The van der Waals surface area contributed by atoms with Crippen LogP contribution in [0.3, 0.4) is 0 Å². The average molecular weight is 456 g/mol. The van der Waals surface area contributed by atoms with Crippen LogP contribution in [0, 0.1) is 5.82 Å². The number of ether oxygens (including phenoxy) is 2. The smallest absolute Gasteiger partial charge is 0.272 e. The van der Waals surface area contributed by atoms with Crippen molar-refractivity contribution in [3.63, 3.8) is 0 Å². The number of likely N-dealkylation sites (tertiary alicyclic amines) is 1. The molecule has 6 nitrogen and oxygen atoms in total. The van der Waals surface area contributed by atoms with Crippen LogP contribution in [-0.2, 0) is 4.74 Å². The summed E-state index contributed by atoms with van der Waals surface area (Å²) in [4.78, 5) is 19.3. The number of carbonyl (C=O) groups excluding carboxylic acids is 1. The summed E-state index contributed by atoms with van der Waals surface area (Å²) in [6.45, 7) is 11.4. The molecule has 0 unspecified atom stereocenters. The third-order valence-corrected chi connectivity index (χ3v) is 6.10. The number of pyridine rings is 1. The Kier molecular flexibility index (Phi) is 6.36. The molecule has 3 heterocycles. The van der Waals surface area contributed by atoms with Gasteiger partial charge in [-0.25, -0.2) is 9.37 Å². The summed E-state index contributed by atoms with van der Waals surface area (Å²) in [5, 5.41) is 3.36. The van der Waals surface area contributed by atoms with Gasteiger partial charge >= 0.3 is 0 Å². The minimum absolute atomic E-state index is 0.0183. The number of hydrogen-bond donors (Lipinski definition) is 1. The minimum Gasteiger partial charge on any atom is -0.487 e. The Morgan fingerprint density at radius 3 is 2.58 bits per heavy atom. The van der Waals surface area contributed by atoms with Gasteiger partial charge in [0.05, 0.1) is 24.1 Å². The number of fused-ring (bicyclic) bond motifs is 1. The van der Waals surface area contributed by atoms with E-state index in [-0.39, 0.29) is 29.5 Å². The lowest BCUT2D eigenvalue weighted by Crippen LogP contribution is -2.52. The third-order valence-electron chi connectivity index (χ3n) is 6.10. The Morgan fingerprint density at radius 1 is 1.24 bits per heavy atom. The highest BCUT2D eigenvalue weighted by Gasteiger charge is 2.45. The maximum Gasteiger partial charge on any atom is 0.272 e. The fraction of sp³-hybridized carbons (Fsp3) is 0.538. The molecule has 1 amide bonds. The predicted molar refractivity (Wildman–Crippen MR) is 126 cm³/mol. The van der Waals surface area contributed by atoms with E-state index in [9.17, 15) is 9.18 Å². The maximum absolute atomic E-state index is 13.9. The Balaban J connectivity index is 1.44. The van der Waals surface area contributed by atoms with E-state index in [1.54, 1.807) is 18.3 Å². The molecule has 2 aromatic rings. The van der Waals surface area contributed by atoms with Crippen LogP contribution in [0.1, 0.15) is 76.0 Å². The van der Waals surface area contributed by atoms with Gasteiger partial charge in [0.15, 0.2) is 0 Å². The van der Waals surface area contributed by atoms with Crippen LogP contribution in [0.15, 0.2) is 36.5 Å². The van der Waals surface area contributed by atoms with Gasteiger partial charge < -0.3 is 19.7 Å². The number of rotatable bonds is 4. The molecule has 1 spiro atoms. The number of anilines is 1. The molecule has 1 saturated heterocycles. The van der Waals surface area contributed by atoms with Crippen molar-refractivity contribution in [2.45, 2.75) is 77.2 Å². The van der Waals surface area contributed by atoms with Crippen LogP contribution in [-0.4, -0.2) is 46.1 Å². The van der Waals surface area contributed by atoms with E-state index in [4.69, 9.17) is 9.47 Å². The molecule has 178 valence electrons. The summed E-state index contributed by atoms with van der Waals surface area (Å²) < 4.78 is 26.4. The molecule has 0 aliphatic carbocycles. The first-order valence-electron chi connectivity index (χ1n) is 11.7. The number of amides is 1. The Hall–Kier alpha value is -2.67. The van der Waals surface area contributed by atoms with Gasteiger partial charge in [-0.05, 0) is 65.0 Å². The molecule has 0 bridgehead atoms. The number of hydrogen-bond acceptors (Lipinski definition) is 5. The summed E-state index contributed by atoms with van der Waals surface area (Å²) in [5.41, 5.74) is 1.60. The first kappa shape index (κ1) is 23.5. The van der Waals surface area contributed by atoms with Gasteiger partial charge in [0.2, 0.25) is 0 Å². The lowest BCUT2D eigenvalue weighted by atomic mass is 9.81. The first-order chi connectivity index (χ1) is 15.5. The number of nitrogens with zero attached hydrogens (tertiary/aromatic N) is 2. The average Bonchev–Trinajstić information content (AvgIpc) is 2.73. The van der Waals surface area contributed by atoms with Crippen molar-refractivity contribution in [2.24, 2.45) is 0 Å². The fourth-order valence-electron chi connectivity index (χ4n) is 4.65. The van der Waals surface area contributed by atoms with Gasteiger partial charge in [0.25, 0.3) is 5.91 Å². The summed E-state index contributed by atoms with van der Waals surface area (Å²) in [6.07, 6.45) is 3.53. The highest BCUT2D eigenvalue weighted by Crippen LogP contribution is 2.46. The number of carbonyl (C=O) groups is 1. The van der Waals surface area contributed by atoms with Crippen molar-refractivity contribution in [3.05, 3.63) is 53.6 Å². The zero-order valence-corrected chi connectivity index (χ0v) is 20.2. The van der Waals surface area contributed by atoms with E-state index in [0.29, 0.717) is 43.8 Å². The summed E-state index contributed by atoms with van der Waals surface area (Å²) in [5.74, 6) is 0.319. The molecule has 1 N–H and O–H groups in total. The number of nitrogens with one attached hydrogen (secondary N) is 1. The number of halogens is 1. The molecule has 7 heteroatoms. The Bertz CT molecular complexity index is 993. The molecule has 4 rings (SSSR count). The molecule has 1 aromatic carbocycles. The SMILES string of the molecule is CC(C)O[C@@H]1CC2(CCN(C(=O)c3ccc(NC(C)(C)C)cn3)CC2)Oc2ccc(F)cc21. The largest absolute Gasteiger partial charge is 0.487 e. The molecule has 1 aromatic heterocycles. The second-order valence-corrected chi connectivity index (χ2v) is 10.4. The van der Waals surface area contributed by atoms with Crippen LogP contribution >= 0.6 is 0 Å². The zero-order chi connectivity index (χ0) is 23.8. The molecule has 1 fully saturated rings. The van der Waals surface area contributed by atoms with Crippen molar-refractivity contribution in [3.8, 4) is 5.75 Å². The normalized spacial score (nSPS) is 19.8. The van der Waals surface area contributed by atoms with Gasteiger partial charge in [-0.3, -0.25) is 4.79 Å². The summed E-state index contributed by atoms with van der Waals surface area (Å²) in [7, 11) is 0. The highest BCUT2D eigenvalue weighted by molar-refractivity contribution is 5.92. The molecule has 2 aliphatic heterocycles. The van der Waals surface area contributed by atoms with Gasteiger partial charge in [0, 0.05) is 43.5 Å². The van der Waals surface area contributed by atoms with Crippen LogP contribution in [0.25, 0.3) is 0 Å². The molecular weight excluding hydrogens is 421 g/mol. The van der Waals surface area contributed by atoms with Crippen LogP contribution in [0.2, 0.25) is 0 Å². The number of aromatic nitrogens is 1. The van der Waals surface area contributed by atoms with Gasteiger partial charge in [-0.2, -0.15) is 0 Å². The summed E-state index contributed by atoms with van der Waals surface area (Å²) >= 11 is 0. The highest BCUT2D eigenvalue weighted by atomic mass is 19.1. The van der Waals surface area contributed by atoms with E-state index < -0.39 is 5.60 Å². The molecular formula is C26H34FN3O3. The van der Waals surface area contributed by atoms with Crippen molar-refractivity contribution in [1.82, 2.24) is 9.88 Å². The maximum atomic E-state index is 13.9. The first-order valence-corrected chi connectivity index (χ1v) is 11.7. The van der Waals surface area contributed by atoms with E-state index >= 15 is 0 Å². The third kappa shape index (κ3) is 5.46. The summed E-state index contributed by atoms with van der Waals surface area (Å²) in [6, 6.07) is 8.29. The zero-order valence-electron chi connectivity index (χ0n) is 20.2. The molecule has 1 atom stereocenters. The van der Waals surface area contributed by atoms with Crippen LogP contribution in [0.5, 0.6) is 5.75 Å². The monoisotopic (exact) mass is 455 g/mol. The Labute approximate surface area is 195 Å². The van der Waals surface area contributed by atoms with Gasteiger partial charge in [-0.15, -0.1) is 0 Å². The predicted octanol–water partition coefficient (Wildman–Crippen LogP) is 5.35. The second-order valence-electron chi connectivity index (χ2n) is 10.4. The molecule has 0 radical (unpaired) electrons. The number of benzene rings is 1. The van der Waals surface area contributed by atoms with E-state index in [2.05, 4.69) is 31.1 Å². The number of piperidine rings is 1. The molecule has 0 saturated carbocycles. The topological polar surface area (TPSA) is 63.7 Å². The fourth-order valence-corrected chi connectivity index (χ4v) is 4.65. The van der Waals surface area contributed by atoms with Crippen LogP contribution < -0.4 is 10.1 Å². The van der Waals surface area contributed by atoms with Crippen molar-refractivity contribution < 1.29 is 18.7 Å². The standard InChI is InChI=1S/C26H34FN3O3/c1-17(2)32-23-15-26(33-22-9-6-18(27)14-20(22)23)10-12-30(13-11-26)24(31)21-8-7-19(16-28-21)29-25(3,4)5/h6-9,14,16-17,23,29H,10-13,15H2,1-5H3/t23-/m1/s1. The second kappa shape index (κ2) is 8.93. The van der Waals surface area contributed by atoms with Crippen LogP contribution in [0.4, 0.5) is 10.1 Å². The van der Waals surface area contributed by atoms with Gasteiger partial charge in [0.1, 0.15) is 22.9 Å². The van der Waals surface area contributed by atoms with Gasteiger partial charge in [-0.1, -0.05) is 0 Å². The van der Waals surface area contributed by atoms with E-state index in [1.165, 1.54) is 12.1 Å². The van der Waals surface area contributed by atoms with Crippen molar-refractivity contribution in [2.75, 3.05) is 18.4 Å². The molecule has 33 heavy (non-hydrogen) atoms. The lowest BCUT2D eigenvalue weighted by Gasteiger charge is -2.47. The lowest BCUT2D eigenvalue weighted by molar-refractivity contribution is -0.0874. The van der Waals surface area contributed by atoms with Crippen molar-refractivity contribution >= 4 is 11.6 Å². The minimum atomic E-state index is -0.422. The Morgan fingerprint density at radius 2 is 1.97 bits per heavy atom. The van der Waals surface area contributed by atoms with E-state index in [0.717, 1.165) is 11.3 Å². The van der Waals surface area contributed by atoms with E-state index in [1.807, 2.05) is 24.8 Å². The molecule has 2 aliphatic rings. The van der Waals surface area contributed by atoms with Crippen molar-refractivity contribution in [1.29, 1.82) is 0 Å².